The highest BCUT2D eigenvalue weighted by Crippen LogP contribution is 2.02. The smallest absolute Gasteiger partial charge is 0.220 e. The van der Waals surface area contributed by atoms with Crippen LogP contribution in [0.1, 0.15) is 46.0 Å². The van der Waals surface area contributed by atoms with Gasteiger partial charge < -0.3 is 10.6 Å². The summed E-state index contributed by atoms with van der Waals surface area (Å²) in [6, 6.07) is -0.0517. The summed E-state index contributed by atoms with van der Waals surface area (Å²) in [5, 5.41) is 5.86. The Labute approximate surface area is 110 Å². The predicted octanol–water partition coefficient (Wildman–Crippen LogP) is 1.81. The second-order valence-electron chi connectivity index (χ2n) is 4.75. The normalized spacial score (nSPS) is 11.9. The lowest BCUT2D eigenvalue weighted by atomic mass is 10.1. The Morgan fingerprint density at radius 2 is 1.83 bits per heavy atom. The number of carbonyl (C=O) groups excluding carboxylic acids is 2. The van der Waals surface area contributed by atoms with Gasteiger partial charge in [-0.2, -0.15) is 0 Å². The third-order valence-corrected chi connectivity index (χ3v) is 2.86. The van der Waals surface area contributed by atoms with Crippen molar-refractivity contribution >= 4 is 11.7 Å². The first-order valence-electron chi connectivity index (χ1n) is 6.56. The standard InChI is InChI=1S/C14H26N2O2/c1-11(2)8-9-14(18)16-10-6-5-7-13(15-4)12(3)17/h13,15H,1,5-10H2,2-4H3,(H,16,18)/t13-/m0/s1. The topological polar surface area (TPSA) is 58.2 Å². The average molecular weight is 254 g/mol. The number of carbonyl (C=O) groups is 2. The fraction of sp³-hybridized carbons (Fsp3) is 0.714. The molecule has 0 heterocycles. The number of Topliss-reactive ketones (excluding diaryl/α,β-unsaturated/α-hetero) is 1. The van der Waals surface area contributed by atoms with Gasteiger partial charge in [0.2, 0.25) is 5.91 Å². The van der Waals surface area contributed by atoms with Crippen LogP contribution in [0.15, 0.2) is 12.2 Å². The average Bonchev–Trinajstić information content (AvgIpc) is 2.30. The number of hydrogen-bond acceptors (Lipinski definition) is 3. The number of allylic oxidation sites excluding steroid dienone is 1. The van der Waals surface area contributed by atoms with Crippen LogP contribution in [0.4, 0.5) is 0 Å². The summed E-state index contributed by atoms with van der Waals surface area (Å²) in [6.45, 7) is 7.97. The highest BCUT2D eigenvalue weighted by atomic mass is 16.1. The zero-order chi connectivity index (χ0) is 14.0. The molecule has 0 aliphatic rings. The molecule has 1 amide bonds. The summed E-state index contributed by atoms with van der Waals surface area (Å²) < 4.78 is 0. The largest absolute Gasteiger partial charge is 0.356 e. The van der Waals surface area contributed by atoms with E-state index in [1.165, 1.54) is 0 Å². The molecule has 4 heteroatoms. The molecule has 0 saturated carbocycles. The maximum absolute atomic E-state index is 11.4. The van der Waals surface area contributed by atoms with Gasteiger partial charge in [0.15, 0.2) is 0 Å². The van der Waals surface area contributed by atoms with Crippen molar-refractivity contribution in [2.75, 3.05) is 13.6 Å². The van der Waals surface area contributed by atoms with Crippen LogP contribution in [0.25, 0.3) is 0 Å². The minimum absolute atomic E-state index is 0.0517. The van der Waals surface area contributed by atoms with Crippen molar-refractivity contribution in [3.63, 3.8) is 0 Å². The number of ketones is 1. The molecule has 0 radical (unpaired) electrons. The van der Waals surface area contributed by atoms with Crippen molar-refractivity contribution in [1.29, 1.82) is 0 Å². The Balaban J connectivity index is 3.53. The minimum Gasteiger partial charge on any atom is -0.356 e. The maximum Gasteiger partial charge on any atom is 0.220 e. The van der Waals surface area contributed by atoms with Crippen molar-refractivity contribution in [2.45, 2.75) is 52.0 Å². The molecule has 0 aromatic rings. The maximum atomic E-state index is 11.4. The van der Waals surface area contributed by atoms with Gasteiger partial charge in [0.1, 0.15) is 5.78 Å². The highest BCUT2D eigenvalue weighted by molar-refractivity contribution is 5.81. The van der Waals surface area contributed by atoms with Crippen LogP contribution in [0, 0.1) is 0 Å². The van der Waals surface area contributed by atoms with E-state index in [0.717, 1.165) is 31.3 Å². The molecule has 0 unspecified atom stereocenters. The van der Waals surface area contributed by atoms with Crippen molar-refractivity contribution < 1.29 is 9.59 Å². The highest BCUT2D eigenvalue weighted by Gasteiger charge is 2.10. The molecule has 0 rings (SSSR count). The Morgan fingerprint density at radius 3 is 2.33 bits per heavy atom. The summed E-state index contributed by atoms with van der Waals surface area (Å²) in [7, 11) is 1.80. The zero-order valence-corrected chi connectivity index (χ0v) is 11.8. The molecule has 18 heavy (non-hydrogen) atoms. The van der Waals surface area contributed by atoms with Gasteiger partial charge in [-0.3, -0.25) is 9.59 Å². The molecular weight excluding hydrogens is 228 g/mol. The SMILES string of the molecule is C=C(C)CCC(=O)NCCCC[C@H](NC)C(C)=O. The molecule has 0 aliphatic carbocycles. The van der Waals surface area contributed by atoms with Crippen LogP contribution in [0.2, 0.25) is 0 Å². The van der Waals surface area contributed by atoms with E-state index in [0.29, 0.717) is 13.0 Å². The summed E-state index contributed by atoms with van der Waals surface area (Å²) in [5.41, 5.74) is 1.03. The van der Waals surface area contributed by atoms with E-state index < -0.39 is 0 Å². The monoisotopic (exact) mass is 254 g/mol. The molecule has 2 N–H and O–H groups in total. The van der Waals surface area contributed by atoms with Gasteiger partial charge in [-0.1, -0.05) is 5.57 Å². The van der Waals surface area contributed by atoms with Crippen LogP contribution >= 0.6 is 0 Å². The predicted molar refractivity (Wildman–Crippen MR) is 74.4 cm³/mol. The van der Waals surface area contributed by atoms with Crippen LogP contribution in [-0.4, -0.2) is 31.3 Å². The van der Waals surface area contributed by atoms with Crippen molar-refractivity contribution in [3.05, 3.63) is 12.2 Å². The molecule has 0 spiro atoms. The zero-order valence-electron chi connectivity index (χ0n) is 11.8. The molecule has 0 aliphatic heterocycles. The molecular formula is C14H26N2O2. The van der Waals surface area contributed by atoms with E-state index in [2.05, 4.69) is 17.2 Å². The minimum atomic E-state index is -0.0517. The van der Waals surface area contributed by atoms with Crippen LogP contribution in [0.5, 0.6) is 0 Å². The quantitative estimate of drug-likeness (QED) is 0.462. The Kier molecular flexibility index (Phi) is 9.19. The summed E-state index contributed by atoms with van der Waals surface area (Å²) in [5.74, 6) is 0.248. The Morgan fingerprint density at radius 1 is 1.17 bits per heavy atom. The van der Waals surface area contributed by atoms with Crippen molar-refractivity contribution in [2.24, 2.45) is 0 Å². The van der Waals surface area contributed by atoms with E-state index in [9.17, 15) is 9.59 Å². The number of hydrogen-bond donors (Lipinski definition) is 2. The van der Waals surface area contributed by atoms with Gasteiger partial charge in [-0.25, -0.2) is 0 Å². The summed E-state index contributed by atoms with van der Waals surface area (Å²) >= 11 is 0. The lowest BCUT2D eigenvalue weighted by Gasteiger charge is -2.12. The fourth-order valence-corrected chi connectivity index (χ4v) is 1.67. The fourth-order valence-electron chi connectivity index (χ4n) is 1.67. The molecule has 4 nitrogen and oxygen atoms in total. The first kappa shape index (κ1) is 16.8. The van der Waals surface area contributed by atoms with Crippen LogP contribution < -0.4 is 10.6 Å². The number of amides is 1. The molecule has 104 valence electrons. The number of nitrogens with one attached hydrogen (secondary N) is 2. The Hall–Kier alpha value is -1.16. The second-order valence-corrected chi connectivity index (χ2v) is 4.75. The van der Waals surface area contributed by atoms with Gasteiger partial charge in [0.25, 0.3) is 0 Å². The Bertz CT molecular complexity index is 288. The summed E-state index contributed by atoms with van der Waals surface area (Å²) in [6.07, 6.45) is 3.93. The van der Waals surface area contributed by atoms with Crippen molar-refractivity contribution in [1.82, 2.24) is 10.6 Å². The lowest BCUT2D eigenvalue weighted by molar-refractivity contribution is -0.121. The molecule has 0 bridgehead atoms. The van der Waals surface area contributed by atoms with Gasteiger partial charge in [-0.15, -0.1) is 6.58 Å². The van der Waals surface area contributed by atoms with Gasteiger partial charge >= 0.3 is 0 Å². The molecule has 0 fully saturated rings. The molecule has 1 atom stereocenters. The van der Waals surface area contributed by atoms with Crippen LogP contribution in [0.3, 0.4) is 0 Å². The molecule has 0 aromatic carbocycles. The number of likely N-dealkylation sites (N-methyl/N-ethyl adjacent to an activating group) is 1. The first-order valence-corrected chi connectivity index (χ1v) is 6.56. The van der Waals surface area contributed by atoms with Gasteiger partial charge in [-0.05, 0) is 46.6 Å². The number of rotatable bonds is 10. The van der Waals surface area contributed by atoms with E-state index in [4.69, 9.17) is 0 Å². The lowest BCUT2D eigenvalue weighted by Crippen LogP contribution is -2.32. The molecule has 0 aromatic heterocycles. The first-order chi connectivity index (χ1) is 8.47. The van der Waals surface area contributed by atoms with Gasteiger partial charge in [0.05, 0.1) is 6.04 Å². The van der Waals surface area contributed by atoms with E-state index in [1.807, 2.05) is 6.92 Å². The van der Waals surface area contributed by atoms with Crippen molar-refractivity contribution in [3.8, 4) is 0 Å². The number of unbranched alkanes of at least 4 members (excludes halogenated alkanes) is 1. The second kappa shape index (κ2) is 9.83. The summed E-state index contributed by atoms with van der Waals surface area (Å²) in [4.78, 5) is 22.5. The molecule has 0 saturated heterocycles. The van der Waals surface area contributed by atoms with E-state index in [1.54, 1.807) is 14.0 Å². The van der Waals surface area contributed by atoms with E-state index in [-0.39, 0.29) is 17.7 Å². The van der Waals surface area contributed by atoms with E-state index >= 15 is 0 Å². The third-order valence-electron chi connectivity index (χ3n) is 2.86. The van der Waals surface area contributed by atoms with Gasteiger partial charge in [0, 0.05) is 13.0 Å². The van der Waals surface area contributed by atoms with Crippen LogP contribution in [-0.2, 0) is 9.59 Å². The third kappa shape index (κ3) is 8.93.